The molecule has 3 heteroatoms. The third-order valence-electron chi connectivity index (χ3n) is 3.47. The maximum atomic E-state index is 11.7. The van der Waals surface area contributed by atoms with Gasteiger partial charge in [-0.25, -0.2) is 4.57 Å². The summed E-state index contributed by atoms with van der Waals surface area (Å²) in [5, 5.41) is 0. The number of halogens is 1. The first kappa shape index (κ1) is 14.4. The molecule has 1 fully saturated rings. The minimum Gasteiger partial charge on any atom is -1.00 e. The third-order valence-corrected chi connectivity index (χ3v) is 3.47. The Hall–Kier alpha value is -0.700. The van der Waals surface area contributed by atoms with Gasteiger partial charge in [-0.2, -0.15) is 0 Å². The number of hydrogen-bond acceptors (Lipinski definition) is 1. The van der Waals surface area contributed by atoms with Crippen LogP contribution < -0.4 is 21.5 Å². The van der Waals surface area contributed by atoms with E-state index in [2.05, 4.69) is 36.0 Å². The van der Waals surface area contributed by atoms with E-state index < -0.39 is 0 Å². The van der Waals surface area contributed by atoms with Crippen LogP contribution >= 0.6 is 0 Å². The van der Waals surface area contributed by atoms with E-state index in [9.17, 15) is 4.79 Å². The molecule has 1 heterocycles. The number of pyridine rings is 1. The zero-order valence-electron chi connectivity index (χ0n) is 10.4. The van der Waals surface area contributed by atoms with Gasteiger partial charge in [-0.05, 0) is 25.3 Å². The normalized spacial score (nSPS) is 19.8. The summed E-state index contributed by atoms with van der Waals surface area (Å²) in [6.07, 6.45) is 9.45. The fourth-order valence-electron chi connectivity index (χ4n) is 2.35. The Morgan fingerprint density at radius 3 is 2.65 bits per heavy atom. The number of hydrogen-bond donors (Lipinski definition) is 0. The second-order valence-electron chi connectivity index (χ2n) is 4.81. The van der Waals surface area contributed by atoms with Crippen LogP contribution in [0.25, 0.3) is 0 Å². The monoisotopic (exact) mass is 297 g/mol. The highest BCUT2D eigenvalue weighted by molar-refractivity contribution is 5.81. The highest BCUT2D eigenvalue weighted by atomic mass is 79.9. The molecular weight excluding hydrogens is 278 g/mol. The van der Waals surface area contributed by atoms with Gasteiger partial charge in [-0.1, -0.05) is 6.42 Å². The zero-order chi connectivity index (χ0) is 11.4. The molecule has 1 aliphatic carbocycles. The molecule has 1 atom stereocenters. The summed E-state index contributed by atoms with van der Waals surface area (Å²) >= 11 is 0. The lowest BCUT2D eigenvalue weighted by atomic mass is 9.86. The van der Waals surface area contributed by atoms with Crippen molar-refractivity contribution >= 4 is 5.78 Å². The van der Waals surface area contributed by atoms with Gasteiger partial charge in [-0.15, -0.1) is 0 Å². The molecule has 1 aromatic rings. The molecule has 0 N–H and O–H groups in total. The first-order valence-corrected chi connectivity index (χ1v) is 6.24. The standard InChI is InChI=1S/C14H20NO.BrH/c1-12-6-9-15(10-7-12)11-8-13-4-2-3-5-14(13)16;/h6-7,9-10,13H,2-5,8,11H2,1H3;1H/q+1;/p-1. The van der Waals surface area contributed by atoms with Gasteiger partial charge < -0.3 is 17.0 Å². The maximum Gasteiger partial charge on any atom is 0.169 e. The summed E-state index contributed by atoms with van der Waals surface area (Å²) in [5.41, 5.74) is 1.28. The van der Waals surface area contributed by atoms with E-state index in [1.165, 1.54) is 12.0 Å². The van der Waals surface area contributed by atoms with Crippen molar-refractivity contribution in [3.05, 3.63) is 30.1 Å². The third kappa shape index (κ3) is 4.23. The smallest absolute Gasteiger partial charge is 0.169 e. The molecule has 1 aliphatic rings. The van der Waals surface area contributed by atoms with Crippen molar-refractivity contribution in [2.75, 3.05) is 0 Å². The minimum atomic E-state index is 0. The summed E-state index contributed by atoms with van der Waals surface area (Å²) in [6.45, 7) is 3.06. The first-order chi connectivity index (χ1) is 7.75. The Morgan fingerprint density at radius 1 is 1.29 bits per heavy atom. The molecule has 0 amide bonds. The summed E-state index contributed by atoms with van der Waals surface area (Å²) in [7, 11) is 0. The number of aryl methyl sites for hydroxylation is 2. The minimum absolute atomic E-state index is 0. The highest BCUT2D eigenvalue weighted by Gasteiger charge is 2.22. The Balaban J connectivity index is 0.00000144. The molecule has 0 radical (unpaired) electrons. The summed E-state index contributed by atoms with van der Waals surface area (Å²) in [5.74, 6) is 0.807. The van der Waals surface area contributed by atoms with Crippen LogP contribution in [-0.4, -0.2) is 5.78 Å². The van der Waals surface area contributed by atoms with E-state index in [0.717, 1.165) is 32.2 Å². The van der Waals surface area contributed by atoms with Crippen LogP contribution in [0.4, 0.5) is 0 Å². The number of Topliss-reactive ketones (excluding diaryl/α,β-unsaturated/α-hetero) is 1. The molecule has 2 nitrogen and oxygen atoms in total. The molecule has 1 aromatic heterocycles. The molecule has 2 rings (SSSR count). The molecule has 0 saturated heterocycles. The fourth-order valence-corrected chi connectivity index (χ4v) is 2.35. The average molecular weight is 298 g/mol. The van der Waals surface area contributed by atoms with Crippen molar-refractivity contribution in [2.45, 2.75) is 45.6 Å². The lowest BCUT2D eigenvalue weighted by Crippen LogP contribution is -3.00. The van der Waals surface area contributed by atoms with Gasteiger partial charge in [0.1, 0.15) is 12.3 Å². The van der Waals surface area contributed by atoms with Crippen molar-refractivity contribution < 1.29 is 26.3 Å². The SMILES string of the molecule is Cc1cc[n+](CCC2CCCCC2=O)cc1.[Br-]. The molecular formula is C14H20BrNO. The average Bonchev–Trinajstić information content (AvgIpc) is 2.30. The fraction of sp³-hybridized carbons (Fsp3) is 0.571. The van der Waals surface area contributed by atoms with Gasteiger partial charge in [0.15, 0.2) is 12.4 Å². The zero-order valence-corrected chi connectivity index (χ0v) is 11.9. The number of carbonyl (C=O) groups excluding carboxylic acids is 1. The lowest BCUT2D eigenvalue weighted by molar-refractivity contribution is -0.698. The summed E-state index contributed by atoms with van der Waals surface area (Å²) in [4.78, 5) is 11.7. The molecule has 1 saturated carbocycles. The molecule has 17 heavy (non-hydrogen) atoms. The first-order valence-electron chi connectivity index (χ1n) is 6.24. The Morgan fingerprint density at radius 2 is 2.00 bits per heavy atom. The van der Waals surface area contributed by atoms with Crippen molar-refractivity contribution in [3.63, 3.8) is 0 Å². The molecule has 0 aliphatic heterocycles. The number of ketones is 1. The van der Waals surface area contributed by atoms with E-state index >= 15 is 0 Å². The van der Waals surface area contributed by atoms with Gasteiger partial charge in [0, 0.05) is 30.9 Å². The number of aromatic nitrogens is 1. The predicted octanol–water partition coefficient (Wildman–Crippen LogP) is -0.564. The molecule has 94 valence electrons. The summed E-state index contributed by atoms with van der Waals surface area (Å²) < 4.78 is 2.18. The molecule has 0 spiro atoms. The largest absolute Gasteiger partial charge is 1.00 e. The molecule has 0 aromatic carbocycles. The van der Waals surface area contributed by atoms with Gasteiger partial charge in [0.25, 0.3) is 0 Å². The van der Waals surface area contributed by atoms with Crippen LogP contribution in [-0.2, 0) is 11.3 Å². The number of rotatable bonds is 3. The molecule has 1 unspecified atom stereocenters. The Labute approximate surface area is 114 Å². The van der Waals surface area contributed by atoms with Crippen LogP contribution in [0.2, 0.25) is 0 Å². The van der Waals surface area contributed by atoms with E-state index in [-0.39, 0.29) is 17.0 Å². The Kier molecular flexibility index (Phi) is 5.83. The maximum absolute atomic E-state index is 11.7. The second-order valence-corrected chi connectivity index (χ2v) is 4.81. The van der Waals surface area contributed by atoms with Gasteiger partial charge in [-0.3, -0.25) is 4.79 Å². The van der Waals surface area contributed by atoms with E-state index in [1.54, 1.807) is 0 Å². The highest BCUT2D eigenvalue weighted by Crippen LogP contribution is 2.23. The topological polar surface area (TPSA) is 20.9 Å². The van der Waals surface area contributed by atoms with E-state index in [4.69, 9.17) is 0 Å². The summed E-state index contributed by atoms with van der Waals surface area (Å²) in [6, 6.07) is 4.23. The van der Waals surface area contributed by atoms with E-state index in [1.807, 2.05) is 0 Å². The van der Waals surface area contributed by atoms with Crippen molar-refractivity contribution in [1.82, 2.24) is 0 Å². The van der Waals surface area contributed by atoms with Crippen molar-refractivity contribution in [3.8, 4) is 0 Å². The predicted molar refractivity (Wildman–Crippen MR) is 63.0 cm³/mol. The lowest BCUT2D eigenvalue weighted by Gasteiger charge is -2.18. The van der Waals surface area contributed by atoms with Crippen LogP contribution in [0.3, 0.4) is 0 Å². The number of nitrogens with zero attached hydrogens (tertiary/aromatic N) is 1. The van der Waals surface area contributed by atoms with Crippen LogP contribution in [0.5, 0.6) is 0 Å². The van der Waals surface area contributed by atoms with Gasteiger partial charge in [0.2, 0.25) is 0 Å². The Bertz CT molecular complexity index is 361. The van der Waals surface area contributed by atoms with Crippen LogP contribution in [0.1, 0.15) is 37.7 Å². The molecule has 0 bridgehead atoms. The van der Waals surface area contributed by atoms with Gasteiger partial charge in [0.05, 0.1) is 0 Å². The van der Waals surface area contributed by atoms with Crippen LogP contribution in [0.15, 0.2) is 24.5 Å². The van der Waals surface area contributed by atoms with Crippen molar-refractivity contribution in [2.24, 2.45) is 5.92 Å². The second kappa shape index (κ2) is 6.90. The number of carbonyl (C=O) groups is 1. The van der Waals surface area contributed by atoms with Crippen molar-refractivity contribution in [1.29, 1.82) is 0 Å². The van der Waals surface area contributed by atoms with Gasteiger partial charge >= 0.3 is 0 Å². The quantitative estimate of drug-likeness (QED) is 0.685. The van der Waals surface area contributed by atoms with E-state index in [0.29, 0.717) is 11.7 Å². The van der Waals surface area contributed by atoms with Crippen LogP contribution in [0, 0.1) is 12.8 Å².